The highest BCUT2D eigenvalue weighted by Crippen LogP contribution is 2.35. The summed E-state index contributed by atoms with van der Waals surface area (Å²) in [7, 11) is -1.48. The standard InChI is InChI=1S/C21H21ClOSi/c1-24(2,3)12-11-18-14-16-9-10-17(20(22)19(16)21(18)23)13-15-7-5-4-6-8-15/h4-10,18H,13-14H2,1-3H3. The van der Waals surface area contributed by atoms with Crippen LogP contribution in [-0.4, -0.2) is 13.9 Å². The zero-order valence-corrected chi connectivity index (χ0v) is 16.1. The molecule has 1 aliphatic rings. The van der Waals surface area contributed by atoms with Gasteiger partial charge in [-0.1, -0.05) is 79.6 Å². The van der Waals surface area contributed by atoms with Gasteiger partial charge in [0.05, 0.1) is 10.9 Å². The Morgan fingerprint density at radius 1 is 1.12 bits per heavy atom. The Morgan fingerprint density at radius 3 is 2.50 bits per heavy atom. The number of Topliss-reactive ketones (excluding diaryl/α,β-unsaturated/α-hetero) is 1. The Bertz CT molecular complexity index is 838. The smallest absolute Gasteiger partial charge is 0.179 e. The molecule has 24 heavy (non-hydrogen) atoms. The normalized spacial score (nSPS) is 16.5. The van der Waals surface area contributed by atoms with Gasteiger partial charge in [-0.2, -0.15) is 0 Å². The van der Waals surface area contributed by atoms with Crippen molar-refractivity contribution in [2.45, 2.75) is 32.5 Å². The van der Waals surface area contributed by atoms with Gasteiger partial charge in [-0.05, 0) is 29.5 Å². The van der Waals surface area contributed by atoms with Gasteiger partial charge < -0.3 is 0 Å². The van der Waals surface area contributed by atoms with Crippen molar-refractivity contribution < 1.29 is 4.79 Å². The Morgan fingerprint density at radius 2 is 1.83 bits per heavy atom. The van der Waals surface area contributed by atoms with E-state index in [9.17, 15) is 4.79 Å². The van der Waals surface area contributed by atoms with E-state index in [0.29, 0.717) is 17.0 Å². The highest BCUT2D eigenvalue weighted by molar-refractivity contribution is 6.83. The van der Waals surface area contributed by atoms with Gasteiger partial charge in [0.25, 0.3) is 0 Å². The fourth-order valence-electron chi connectivity index (χ4n) is 2.96. The fourth-order valence-corrected chi connectivity index (χ4v) is 3.91. The number of benzene rings is 2. The lowest BCUT2D eigenvalue weighted by Crippen LogP contribution is -2.18. The highest BCUT2D eigenvalue weighted by atomic mass is 35.5. The van der Waals surface area contributed by atoms with Crippen LogP contribution in [0.15, 0.2) is 42.5 Å². The van der Waals surface area contributed by atoms with Crippen LogP contribution in [0.4, 0.5) is 0 Å². The molecule has 2 aromatic carbocycles. The van der Waals surface area contributed by atoms with Gasteiger partial charge in [-0.15, -0.1) is 5.54 Å². The molecule has 0 saturated heterocycles. The molecule has 1 atom stereocenters. The maximum Gasteiger partial charge on any atom is 0.179 e. The zero-order chi connectivity index (χ0) is 17.3. The van der Waals surface area contributed by atoms with Crippen LogP contribution in [0.3, 0.4) is 0 Å². The third-order valence-corrected chi connectivity index (χ3v) is 5.48. The van der Waals surface area contributed by atoms with E-state index >= 15 is 0 Å². The van der Waals surface area contributed by atoms with Gasteiger partial charge in [0.1, 0.15) is 8.07 Å². The van der Waals surface area contributed by atoms with E-state index in [1.54, 1.807) is 0 Å². The molecule has 0 amide bonds. The lowest BCUT2D eigenvalue weighted by Gasteiger charge is -2.08. The molecule has 0 saturated carbocycles. The van der Waals surface area contributed by atoms with Gasteiger partial charge in [0, 0.05) is 5.56 Å². The molecular formula is C21H21ClOSi. The first kappa shape index (κ1) is 17.0. The minimum atomic E-state index is -1.48. The maximum absolute atomic E-state index is 12.8. The monoisotopic (exact) mass is 352 g/mol. The van der Waals surface area contributed by atoms with Crippen molar-refractivity contribution in [1.82, 2.24) is 0 Å². The quantitative estimate of drug-likeness (QED) is 0.538. The van der Waals surface area contributed by atoms with Crippen molar-refractivity contribution >= 4 is 25.5 Å². The number of carbonyl (C=O) groups is 1. The Hall–Kier alpha value is -1.82. The van der Waals surface area contributed by atoms with Crippen molar-refractivity contribution in [2.24, 2.45) is 5.92 Å². The van der Waals surface area contributed by atoms with Gasteiger partial charge in [-0.25, -0.2) is 0 Å². The molecule has 1 aliphatic carbocycles. The van der Waals surface area contributed by atoms with Gasteiger partial charge in [0.15, 0.2) is 5.78 Å². The summed E-state index contributed by atoms with van der Waals surface area (Å²) >= 11 is 6.59. The highest BCUT2D eigenvalue weighted by Gasteiger charge is 2.32. The number of hydrogen-bond donors (Lipinski definition) is 0. The topological polar surface area (TPSA) is 17.1 Å². The third-order valence-electron chi connectivity index (χ3n) is 4.15. The van der Waals surface area contributed by atoms with Crippen LogP contribution in [0.2, 0.25) is 24.7 Å². The Balaban J connectivity index is 1.90. The first-order valence-corrected chi connectivity index (χ1v) is 12.1. The van der Waals surface area contributed by atoms with Gasteiger partial charge in [0.2, 0.25) is 0 Å². The molecule has 0 N–H and O–H groups in total. The molecule has 122 valence electrons. The lowest BCUT2D eigenvalue weighted by atomic mass is 10.00. The van der Waals surface area contributed by atoms with E-state index < -0.39 is 8.07 Å². The van der Waals surface area contributed by atoms with Crippen LogP contribution < -0.4 is 0 Å². The van der Waals surface area contributed by atoms with E-state index in [4.69, 9.17) is 11.6 Å². The molecule has 1 unspecified atom stereocenters. The molecular weight excluding hydrogens is 332 g/mol. The van der Waals surface area contributed by atoms with Crippen molar-refractivity contribution in [2.75, 3.05) is 0 Å². The molecule has 3 heteroatoms. The molecule has 0 radical (unpaired) electrons. The minimum absolute atomic E-state index is 0.0932. The lowest BCUT2D eigenvalue weighted by molar-refractivity contribution is 0.0964. The van der Waals surface area contributed by atoms with Crippen LogP contribution in [0.5, 0.6) is 0 Å². The number of hydrogen-bond acceptors (Lipinski definition) is 1. The van der Waals surface area contributed by atoms with Crippen molar-refractivity contribution in [3.8, 4) is 11.5 Å². The number of ketones is 1. The van der Waals surface area contributed by atoms with Crippen molar-refractivity contribution in [1.29, 1.82) is 0 Å². The molecule has 2 aromatic rings. The Labute approximate surface area is 150 Å². The summed E-state index contributed by atoms with van der Waals surface area (Å²) in [4.78, 5) is 12.8. The second-order valence-electron chi connectivity index (χ2n) is 7.38. The van der Waals surface area contributed by atoms with E-state index in [1.807, 2.05) is 24.3 Å². The number of fused-ring (bicyclic) bond motifs is 1. The zero-order valence-electron chi connectivity index (χ0n) is 14.3. The van der Waals surface area contributed by atoms with Crippen LogP contribution in [-0.2, 0) is 12.8 Å². The van der Waals surface area contributed by atoms with Crippen molar-refractivity contribution in [3.63, 3.8) is 0 Å². The summed E-state index contributed by atoms with van der Waals surface area (Å²) in [6.07, 6.45) is 1.43. The molecule has 0 bridgehead atoms. The fraction of sp³-hybridized carbons (Fsp3) is 0.286. The summed E-state index contributed by atoms with van der Waals surface area (Å²) in [5.74, 6) is 3.09. The molecule has 0 fully saturated rings. The SMILES string of the molecule is C[Si](C)(C)C#CC1Cc2ccc(Cc3ccccc3)c(Cl)c2C1=O. The molecule has 0 aromatic heterocycles. The maximum atomic E-state index is 12.8. The van der Waals surface area contributed by atoms with Gasteiger partial charge in [-0.3, -0.25) is 4.79 Å². The summed E-state index contributed by atoms with van der Waals surface area (Å²) in [6.45, 7) is 6.58. The predicted octanol–water partition coefficient (Wildman–Crippen LogP) is 5.17. The largest absolute Gasteiger partial charge is 0.293 e. The van der Waals surface area contributed by atoms with Crippen LogP contribution in [0.1, 0.15) is 27.0 Å². The first-order chi connectivity index (χ1) is 11.3. The average Bonchev–Trinajstić information content (AvgIpc) is 2.85. The number of halogens is 1. The van der Waals surface area contributed by atoms with E-state index in [2.05, 4.69) is 49.3 Å². The van der Waals surface area contributed by atoms with E-state index in [0.717, 1.165) is 17.5 Å². The van der Waals surface area contributed by atoms with E-state index in [-0.39, 0.29) is 11.7 Å². The summed E-state index contributed by atoms with van der Waals surface area (Å²) in [6, 6.07) is 14.3. The molecule has 0 heterocycles. The molecule has 3 rings (SSSR count). The summed E-state index contributed by atoms with van der Waals surface area (Å²) in [5.41, 5.74) is 7.26. The summed E-state index contributed by atoms with van der Waals surface area (Å²) < 4.78 is 0. The summed E-state index contributed by atoms with van der Waals surface area (Å²) in [5, 5.41) is 0.610. The Kier molecular flexibility index (Phi) is 4.67. The second kappa shape index (κ2) is 6.59. The first-order valence-electron chi connectivity index (χ1n) is 8.26. The van der Waals surface area contributed by atoms with E-state index in [1.165, 1.54) is 5.56 Å². The minimum Gasteiger partial charge on any atom is -0.293 e. The molecule has 1 nitrogen and oxygen atoms in total. The molecule has 0 aliphatic heterocycles. The molecule has 0 spiro atoms. The number of carbonyl (C=O) groups excluding carboxylic acids is 1. The predicted molar refractivity (Wildman–Crippen MR) is 103 cm³/mol. The number of rotatable bonds is 2. The second-order valence-corrected chi connectivity index (χ2v) is 12.5. The third kappa shape index (κ3) is 3.64. The average molecular weight is 353 g/mol. The van der Waals surface area contributed by atoms with Crippen LogP contribution in [0.25, 0.3) is 0 Å². The van der Waals surface area contributed by atoms with Crippen molar-refractivity contribution in [3.05, 3.63) is 69.7 Å². The van der Waals surface area contributed by atoms with Crippen LogP contribution in [0, 0.1) is 17.4 Å². The van der Waals surface area contributed by atoms with Crippen LogP contribution >= 0.6 is 11.6 Å². The van der Waals surface area contributed by atoms with Gasteiger partial charge >= 0.3 is 0 Å².